The Labute approximate surface area is 140 Å². The molecule has 1 aromatic heterocycles. The van der Waals surface area contributed by atoms with Gasteiger partial charge in [0.2, 0.25) is 0 Å². The molecule has 3 aromatic rings. The van der Waals surface area contributed by atoms with Gasteiger partial charge in [-0.3, -0.25) is 0 Å². The highest BCUT2D eigenvalue weighted by Gasteiger charge is 2.27. The number of H-pyrrole nitrogens is 1. The third-order valence-electron chi connectivity index (χ3n) is 3.76. The number of halogens is 1. The number of anilines is 1. The second kappa shape index (κ2) is 5.41. The Morgan fingerprint density at radius 2 is 1.77 bits per heavy atom. The third-order valence-corrected chi connectivity index (χ3v) is 5.42. The molecule has 3 N–H and O–H groups in total. The highest BCUT2D eigenvalue weighted by atomic mass is 79.9. The van der Waals surface area contributed by atoms with E-state index in [-0.39, 0.29) is 11.9 Å². The number of aromatic amines is 1. The van der Waals surface area contributed by atoms with Gasteiger partial charge in [-0.15, -0.1) is 0 Å². The van der Waals surface area contributed by atoms with E-state index in [9.17, 15) is 5.11 Å². The summed E-state index contributed by atoms with van der Waals surface area (Å²) >= 11 is 5.13. The lowest BCUT2D eigenvalue weighted by molar-refractivity contribution is 0.448. The maximum atomic E-state index is 10.3. The molecule has 0 saturated heterocycles. The average molecular weight is 373 g/mol. The van der Waals surface area contributed by atoms with Crippen LogP contribution < -0.4 is 5.32 Å². The van der Waals surface area contributed by atoms with Crippen molar-refractivity contribution in [3.05, 3.63) is 70.3 Å². The Morgan fingerprint density at radius 1 is 1.00 bits per heavy atom. The summed E-state index contributed by atoms with van der Waals surface area (Å²) in [6.45, 7) is 0. The van der Waals surface area contributed by atoms with E-state index in [0.29, 0.717) is 0 Å². The summed E-state index contributed by atoms with van der Waals surface area (Å²) in [4.78, 5) is 5.13. The van der Waals surface area contributed by atoms with E-state index >= 15 is 0 Å². The molecule has 4 rings (SSSR count). The topological polar surface area (TPSA) is 48.0 Å². The summed E-state index contributed by atoms with van der Waals surface area (Å²) in [5, 5.41) is 13.8. The first-order valence-corrected chi connectivity index (χ1v) is 8.52. The Balaban J connectivity index is 1.89. The van der Waals surface area contributed by atoms with Gasteiger partial charge in [-0.05, 0) is 29.8 Å². The fourth-order valence-corrected chi connectivity index (χ4v) is 4.02. The zero-order valence-corrected chi connectivity index (χ0v) is 13.9. The molecular weight excluding hydrogens is 360 g/mol. The van der Waals surface area contributed by atoms with Gasteiger partial charge in [-0.25, -0.2) is 0 Å². The maximum absolute atomic E-state index is 10.3. The minimum atomic E-state index is -0.0921. The number of rotatable bonds is 1. The van der Waals surface area contributed by atoms with Gasteiger partial charge < -0.3 is 15.4 Å². The van der Waals surface area contributed by atoms with Crippen molar-refractivity contribution in [2.24, 2.45) is 0 Å². The van der Waals surface area contributed by atoms with Crippen LogP contribution in [-0.4, -0.2) is 10.1 Å². The average Bonchev–Trinajstić information content (AvgIpc) is 2.79. The minimum Gasteiger partial charge on any atom is -0.494 e. The maximum Gasteiger partial charge on any atom is 0.195 e. The Morgan fingerprint density at radius 3 is 2.59 bits per heavy atom. The van der Waals surface area contributed by atoms with Crippen molar-refractivity contribution in [1.29, 1.82) is 0 Å². The third kappa shape index (κ3) is 2.30. The molecule has 0 spiro atoms. The number of fused-ring (bicyclic) bond motifs is 2. The lowest BCUT2D eigenvalue weighted by Crippen LogP contribution is -2.11. The van der Waals surface area contributed by atoms with Crippen LogP contribution >= 0.6 is 27.7 Å². The summed E-state index contributed by atoms with van der Waals surface area (Å²) in [5.41, 5.74) is 3.08. The first kappa shape index (κ1) is 13.8. The van der Waals surface area contributed by atoms with Gasteiger partial charge in [0.05, 0.1) is 11.6 Å². The molecule has 2 heterocycles. The van der Waals surface area contributed by atoms with Crippen LogP contribution in [-0.2, 0) is 0 Å². The van der Waals surface area contributed by atoms with Crippen molar-refractivity contribution < 1.29 is 5.11 Å². The Kier molecular flexibility index (Phi) is 3.39. The molecule has 22 heavy (non-hydrogen) atoms. The van der Waals surface area contributed by atoms with Crippen molar-refractivity contribution in [1.82, 2.24) is 4.98 Å². The van der Waals surface area contributed by atoms with Gasteiger partial charge in [0.1, 0.15) is 0 Å². The van der Waals surface area contributed by atoms with Crippen molar-refractivity contribution in [3.8, 4) is 5.88 Å². The summed E-state index contributed by atoms with van der Waals surface area (Å²) in [6.07, 6.45) is 1.87. The molecule has 5 heteroatoms. The van der Waals surface area contributed by atoms with Crippen molar-refractivity contribution >= 4 is 33.4 Å². The number of benzene rings is 2. The highest BCUT2D eigenvalue weighted by molar-refractivity contribution is 9.10. The lowest BCUT2D eigenvalue weighted by Gasteiger charge is -2.19. The number of aromatic hydroxyl groups is 1. The zero-order valence-electron chi connectivity index (χ0n) is 11.5. The van der Waals surface area contributed by atoms with Crippen LogP contribution in [0.2, 0.25) is 0 Å². The molecule has 2 aromatic carbocycles. The number of hydrogen-bond acceptors (Lipinski definition) is 3. The molecule has 0 amide bonds. The van der Waals surface area contributed by atoms with E-state index in [4.69, 9.17) is 0 Å². The number of aromatic nitrogens is 1. The van der Waals surface area contributed by atoms with Crippen LogP contribution in [0, 0.1) is 0 Å². The molecule has 0 saturated carbocycles. The van der Waals surface area contributed by atoms with Crippen LogP contribution in [0.15, 0.2) is 69.0 Å². The second-order valence-corrected chi connectivity index (χ2v) is 7.14. The van der Waals surface area contributed by atoms with Crippen LogP contribution in [0.25, 0.3) is 0 Å². The smallest absolute Gasteiger partial charge is 0.195 e. The molecule has 0 bridgehead atoms. The molecule has 1 aliphatic rings. The van der Waals surface area contributed by atoms with Gasteiger partial charge >= 0.3 is 0 Å². The summed E-state index contributed by atoms with van der Waals surface area (Å²) in [7, 11) is 0. The molecule has 0 radical (unpaired) electrons. The monoisotopic (exact) mass is 372 g/mol. The van der Waals surface area contributed by atoms with E-state index < -0.39 is 0 Å². The predicted octanol–water partition coefficient (Wildman–Crippen LogP) is 5.15. The number of hydrogen-bond donors (Lipinski definition) is 3. The SMILES string of the molecule is Oc1[nH]cc2c1[C@@H](c1ccc(Br)cc1)Nc1ccccc1S2. The number of para-hydroxylation sites is 1. The molecule has 1 atom stereocenters. The summed E-state index contributed by atoms with van der Waals surface area (Å²) in [6, 6.07) is 16.3. The molecular formula is C17H13BrN2OS. The van der Waals surface area contributed by atoms with E-state index in [1.165, 1.54) is 0 Å². The predicted molar refractivity (Wildman–Crippen MR) is 92.6 cm³/mol. The van der Waals surface area contributed by atoms with E-state index in [2.05, 4.69) is 50.5 Å². The molecule has 0 aliphatic carbocycles. The van der Waals surface area contributed by atoms with Crippen LogP contribution in [0.3, 0.4) is 0 Å². The van der Waals surface area contributed by atoms with Gasteiger partial charge in [-0.1, -0.05) is 52.0 Å². The Hall–Kier alpha value is -1.85. The summed E-state index contributed by atoms with van der Waals surface area (Å²) in [5.74, 6) is 0.218. The van der Waals surface area contributed by atoms with Crippen LogP contribution in [0.5, 0.6) is 5.88 Å². The van der Waals surface area contributed by atoms with Crippen LogP contribution in [0.1, 0.15) is 17.2 Å². The van der Waals surface area contributed by atoms with Crippen molar-refractivity contribution in [3.63, 3.8) is 0 Å². The second-order valence-electron chi connectivity index (χ2n) is 5.14. The lowest BCUT2D eigenvalue weighted by atomic mass is 10.0. The van der Waals surface area contributed by atoms with E-state index in [1.807, 2.05) is 30.5 Å². The first-order valence-electron chi connectivity index (χ1n) is 6.91. The summed E-state index contributed by atoms with van der Waals surface area (Å²) < 4.78 is 1.04. The fourth-order valence-electron chi connectivity index (χ4n) is 2.70. The normalized spacial score (nSPS) is 16.3. The molecule has 0 unspecified atom stereocenters. The first-order chi connectivity index (χ1) is 10.7. The molecule has 1 aliphatic heterocycles. The van der Waals surface area contributed by atoms with E-state index in [0.717, 1.165) is 31.1 Å². The van der Waals surface area contributed by atoms with Gasteiger partial charge in [0, 0.05) is 26.1 Å². The molecule has 3 nitrogen and oxygen atoms in total. The highest BCUT2D eigenvalue weighted by Crippen LogP contribution is 2.47. The van der Waals surface area contributed by atoms with Gasteiger partial charge in [-0.2, -0.15) is 0 Å². The zero-order chi connectivity index (χ0) is 15.1. The largest absolute Gasteiger partial charge is 0.494 e. The van der Waals surface area contributed by atoms with Gasteiger partial charge in [0.15, 0.2) is 5.88 Å². The van der Waals surface area contributed by atoms with Crippen LogP contribution in [0.4, 0.5) is 5.69 Å². The van der Waals surface area contributed by atoms with E-state index in [1.54, 1.807) is 11.8 Å². The minimum absolute atomic E-state index is 0.0921. The van der Waals surface area contributed by atoms with Gasteiger partial charge in [0.25, 0.3) is 0 Å². The Bertz CT molecular complexity index is 829. The molecule has 0 fully saturated rings. The van der Waals surface area contributed by atoms with Crippen molar-refractivity contribution in [2.45, 2.75) is 15.8 Å². The standard InChI is InChI=1S/C17H13BrN2OS/c18-11-7-5-10(6-8-11)16-15-14(9-19-17(15)21)22-13-4-2-1-3-12(13)20-16/h1-9,16,19-21H/t16-/m1/s1. The quantitative estimate of drug-likeness (QED) is 0.553. The fraction of sp³-hybridized carbons (Fsp3) is 0.0588. The van der Waals surface area contributed by atoms with Crippen molar-refractivity contribution in [2.75, 3.05) is 5.32 Å². The number of nitrogens with one attached hydrogen (secondary N) is 2. The molecule has 110 valence electrons.